The van der Waals surface area contributed by atoms with E-state index in [9.17, 15) is 24.3 Å². The second kappa shape index (κ2) is 9.90. The lowest BCUT2D eigenvalue weighted by Crippen LogP contribution is -2.67. The standard InChI is InChI=1S/C16H24O10S/c1-6-27-16(21)15(25-11(5)20)14(24-10(4)19)13(23-9(3)18)12(26-16)7-22-8(2)17/h12-15,21H,6-7H2,1-5H3/t12-,13-,14+,15+,16-/m1/s1. The third-order valence-corrected chi connectivity index (χ3v) is 4.40. The Balaban J connectivity index is 3.36. The fourth-order valence-corrected chi connectivity index (χ4v) is 3.52. The van der Waals surface area contributed by atoms with Gasteiger partial charge in [-0.3, -0.25) is 19.2 Å². The molecule has 0 aromatic carbocycles. The topological polar surface area (TPSA) is 135 Å². The number of hydrogen-bond acceptors (Lipinski definition) is 11. The molecule has 0 amide bonds. The number of thioether (sulfide) groups is 1. The van der Waals surface area contributed by atoms with Gasteiger partial charge in [-0.2, -0.15) is 0 Å². The lowest BCUT2D eigenvalue weighted by Gasteiger charge is -2.48. The number of rotatable bonds is 7. The largest absolute Gasteiger partial charge is 0.463 e. The van der Waals surface area contributed by atoms with Crippen LogP contribution < -0.4 is 0 Å². The van der Waals surface area contributed by atoms with Gasteiger partial charge in [0.15, 0.2) is 12.2 Å². The zero-order valence-corrected chi connectivity index (χ0v) is 16.6. The van der Waals surface area contributed by atoms with Crippen LogP contribution in [0.15, 0.2) is 0 Å². The van der Waals surface area contributed by atoms with Gasteiger partial charge >= 0.3 is 23.9 Å². The van der Waals surface area contributed by atoms with E-state index in [1.54, 1.807) is 6.92 Å². The highest BCUT2D eigenvalue weighted by molar-refractivity contribution is 8.00. The molecule has 10 nitrogen and oxygen atoms in total. The van der Waals surface area contributed by atoms with Crippen LogP contribution in [0.4, 0.5) is 0 Å². The summed E-state index contributed by atoms with van der Waals surface area (Å²) in [7, 11) is 0. The van der Waals surface area contributed by atoms with Crippen LogP contribution in [0.1, 0.15) is 34.6 Å². The molecule has 1 fully saturated rings. The molecule has 27 heavy (non-hydrogen) atoms. The van der Waals surface area contributed by atoms with Crippen molar-refractivity contribution >= 4 is 35.6 Å². The summed E-state index contributed by atoms with van der Waals surface area (Å²) in [6.07, 6.45) is -5.32. The summed E-state index contributed by atoms with van der Waals surface area (Å²) in [5.41, 5.74) is 0. The van der Waals surface area contributed by atoms with Crippen LogP contribution >= 0.6 is 11.8 Å². The lowest BCUT2D eigenvalue weighted by atomic mass is 9.98. The van der Waals surface area contributed by atoms with Gasteiger partial charge < -0.3 is 28.8 Å². The molecule has 5 atom stereocenters. The molecule has 0 aromatic heterocycles. The maximum atomic E-state index is 11.6. The van der Waals surface area contributed by atoms with Crippen molar-refractivity contribution in [1.82, 2.24) is 0 Å². The van der Waals surface area contributed by atoms with E-state index in [0.717, 1.165) is 32.5 Å². The van der Waals surface area contributed by atoms with Crippen LogP contribution in [0.5, 0.6) is 0 Å². The summed E-state index contributed by atoms with van der Waals surface area (Å²) in [5.74, 6) is -2.54. The van der Waals surface area contributed by atoms with E-state index in [4.69, 9.17) is 23.7 Å². The minimum atomic E-state index is -2.12. The maximum Gasteiger partial charge on any atom is 0.303 e. The zero-order chi connectivity index (χ0) is 20.8. The summed E-state index contributed by atoms with van der Waals surface area (Å²) in [5, 5.41) is 8.82. The van der Waals surface area contributed by atoms with E-state index in [1.165, 1.54) is 6.92 Å². The minimum Gasteiger partial charge on any atom is -0.463 e. The highest BCUT2D eigenvalue weighted by atomic mass is 32.2. The van der Waals surface area contributed by atoms with Crippen molar-refractivity contribution < 1.29 is 48.0 Å². The third kappa shape index (κ3) is 6.67. The molecule has 0 bridgehead atoms. The van der Waals surface area contributed by atoms with Crippen molar-refractivity contribution in [2.45, 2.75) is 64.2 Å². The maximum absolute atomic E-state index is 11.6. The van der Waals surface area contributed by atoms with Crippen molar-refractivity contribution in [3.05, 3.63) is 0 Å². The van der Waals surface area contributed by atoms with Crippen LogP contribution in [0.3, 0.4) is 0 Å². The first-order valence-corrected chi connectivity index (χ1v) is 9.17. The molecule has 1 saturated heterocycles. The molecule has 1 N–H and O–H groups in total. The molecule has 1 aliphatic heterocycles. The number of hydrogen-bond donors (Lipinski definition) is 1. The molecule has 1 aliphatic rings. The summed E-state index contributed by atoms with van der Waals surface area (Å²) >= 11 is 0.878. The Hall–Kier alpha value is -1.85. The van der Waals surface area contributed by atoms with Gasteiger partial charge in [0.2, 0.25) is 6.10 Å². The monoisotopic (exact) mass is 408 g/mol. The Morgan fingerprint density at radius 1 is 0.926 bits per heavy atom. The third-order valence-electron chi connectivity index (χ3n) is 3.37. The Kier molecular flexibility index (Phi) is 8.51. The fraction of sp³-hybridized carbons (Fsp3) is 0.750. The Labute approximate surface area is 160 Å². The number of carbonyl (C=O) groups excluding carboxylic acids is 4. The van der Waals surface area contributed by atoms with E-state index in [1.807, 2.05) is 0 Å². The van der Waals surface area contributed by atoms with Crippen molar-refractivity contribution in [1.29, 1.82) is 0 Å². The summed E-state index contributed by atoms with van der Waals surface area (Å²) in [4.78, 5) is 45.8. The second-order valence-electron chi connectivity index (χ2n) is 5.70. The molecule has 0 spiro atoms. The van der Waals surface area contributed by atoms with Crippen molar-refractivity contribution in [2.24, 2.45) is 0 Å². The first-order chi connectivity index (χ1) is 12.5. The van der Waals surface area contributed by atoms with Crippen LogP contribution in [-0.2, 0) is 42.9 Å². The highest BCUT2D eigenvalue weighted by Gasteiger charge is 2.59. The zero-order valence-electron chi connectivity index (χ0n) is 15.8. The molecular weight excluding hydrogens is 384 g/mol. The van der Waals surface area contributed by atoms with Gasteiger partial charge in [0.1, 0.15) is 12.7 Å². The first kappa shape index (κ1) is 23.2. The van der Waals surface area contributed by atoms with Crippen LogP contribution in [0.25, 0.3) is 0 Å². The molecule has 0 aliphatic carbocycles. The van der Waals surface area contributed by atoms with E-state index < -0.39 is 53.4 Å². The molecule has 0 saturated carbocycles. The van der Waals surface area contributed by atoms with Crippen LogP contribution in [0, 0.1) is 0 Å². The molecule has 0 unspecified atom stereocenters. The van der Waals surface area contributed by atoms with Gasteiger partial charge in [0, 0.05) is 27.7 Å². The predicted molar refractivity (Wildman–Crippen MR) is 91.2 cm³/mol. The lowest BCUT2D eigenvalue weighted by molar-refractivity contribution is -0.312. The smallest absolute Gasteiger partial charge is 0.303 e. The number of carbonyl (C=O) groups is 4. The molecule has 1 heterocycles. The molecular formula is C16H24O10S. The number of aliphatic hydroxyl groups is 1. The minimum absolute atomic E-state index is 0.347. The summed E-state index contributed by atoms with van der Waals surface area (Å²) in [6, 6.07) is 0. The average molecular weight is 408 g/mol. The van der Waals surface area contributed by atoms with Crippen molar-refractivity contribution in [3.63, 3.8) is 0 Å². The quantitative estimate of drug-likeness (QED) is 0.350. The molecule has 1 rings (SSSR count). The van der Waals surface area contributed by atoms with Gasteiger partial charge in [-0.25, -0.2) is 0 Å². The van der Waals surface area contributed by atoms with Gasteiger partial charge in [-0.1, -0.05) is 18.7 Å². The second-order valence-corrected chi connectivity index (χ2v) is 7.15. The fourth-order valence-electron chi connectivity index (χ4n) is 2.57. The number of esters is 4. The average Bonchev–Trinajstić information content (AvgIpc) is 2.51. The first-order valence-electron chi connectivity index (χ1n) is 8.19. The highest BCUT2D eigenvalue weighted by Crippen LogP contribution is 2.41. The normalized spacial score (nSPS) is 30.1. The summed E-state index contributed by atoms with van der Waals surface area (Å²) < 4.78 is 26.1. The summed E-state index contributed by atoms with van der Waals surface area (Å²) in [6.45, 7) is 5.84. The van der Waals surface area contributed by atoms with Crippen molar-refractivity contribution in [3.8, 4) is 0 Å². The Morgan fingerprint density at radius 3 is 1.89 bits per heavy atom. The molecule has 11 heteroatoms. The van der Waals surface area contributed by atoms with Gasteiger partial charge in [0.25, 0.3) is 5.12 Å². The van der Waals surface area contributed by atoms with E-state index in [0.29, 0.717) is 5.75 Å². The van der Waals surface area contributed by atoms with E-state index in [2.05, 4.69) is 0 Å². The van der Waals surface area contributed by atoms with Gasteiger partial charge in [-0.05, 0) is 5.75 Å². The van der Waals surface area contributed by atoms with Gasteiger partial charge in [0.05, 0.1) is 0 Å². The molecule has 154 valence electrons. The van der Waals surface area contributed by atoms with E-state index in [-0.39, 0.29) is 6.61 Å². The molecule has 0 radical (unpaired) electrons. The van der Waals surface area contributed by atoms with Crippen LogP contribution in [0.2, 0.25) is 0 Å². The van der Waals surface area contributed by atoms with Gasteiger partial charge in [-0.15, -0.1) is 0 Å². The number of ether oxygens (including phenoxy) is 5. The Bertz CT molecular complexity index is 580. The van der Waals surface area contributed by atoms with E-state index >= 15 is 0 Å². The predicted octanol–water partition coefficient (Wildman–Crippen LogP) is 0.143. The SMILES string of the molecule is CCS[C@]1(O)O[C@H](COC(C)=O)[C@@H](OC(C)=O)[C@H](OC(C)=O)[C@@H]1OC(C)=O. The molecule has 0 aromatic rings. The Morgan fingerprint density at radius 2 is 1.44 bits per heavy atom. The van der Waals surface area contributed by atoms with Crippen LogP contribution in [-0.4, -0.2) is 70.9 Å². The van der Waals surface area contributed by atoms with Crippen molar-refractivity contribution in [2.75, 3.05) is 12.4 Å².